The topological polar surface area (TPSA) is 50.1 Å². The molecule has 19 heavy (non-hydrogen) atoms. The van der Waals surface area contributed by atoms with E-state index in [0.29, 0.717) is 25.0 Å². The van der Waals surface area contributed by atoms with Crippen molar-refractivity contribution in [2.75, 3.05) is 6.61 Å². The van der Waals surface area contributed by atoms with Gasteiger partial charge in [0.25, 0.3) is 0 Å². The molecule has 0 N–H and O–H groups in total. The van der Waals surface area contributed by atoms with Crippen molar-refractivity contribution in [1.29, 1.82) is 5.26 Å². The third-order valence-corrected chi connectivity index (χ3v) is 2.88. The highest BCUT2D eigenvalue weighted by molar-refractivity contribution is 5.65. The quantitative estimate of drug-likeness (QED) is 0.559. The SMILES string of the molecule is CC(=O)OCCCCCC(F)(C#N)c1ccccc1. The van der Waals surface area contributed by atoms with Gasteiger partial charge in [-0.3, -0.25) is 4.79 Å². The van der Waals surface area contributed by atoms with Gasteiger partial charge < -0.3 is 4.74 Å². The molecule has 4 heteroatoms. The van der Waals surface area contributed by atoms with Gasteiger partial charge in [0, 0.05) is 12.5 Å². The molecule has 3 nitrogen and oxygen atoms in total. The van der Waals surface area contributed by atoms with Gasteiger partial charge >= 0.3 is 5.97 Å². The summed E-state index contributed by atoms with van der Waals surface area (Å²) in [4.78, 5) is 10.5. The lowest BCUT2D eigenvalue weighted by molar-refractivity contribution is -0.141. The summed E-state index contributed by atoms with van der Waals surface area (Å²) in [5.41, 5.74) is -1.53. The molecule has 1 unspecified atom stereocenters. The number of ether oxygens (including phenoxy) is 1. The number of hydrogen-bond acceptors (Lipinski definition) is 3. The summed E-state index contributed by atoms with van der Waals surface area (Å²) in [5.74, 6) is -0.304. The van der Waals surface area contributed by atoms with Crippen LogP contribution in [-0.4, -0.2) is 12.6 Å². The average Bonchev–Trinajstić information content (AvgIpc) is 2.43. The van der Waals surface area contributed by atoms with E-state index in [1.807, 2.05) is 0 Å². The molecule has 0 aliphatic carbocycles. The van der Waals surface area contributed by atoms with Gasteiger partial charge in [0.05, 0.1) is 6.61 Å². The monoisotopic (exact) mass is 263 g/mol. The predicted molar refractivity (Wildman–Crippen MR) is 69.9 cm³/mol. The summed E-state index contributed by atoms with van der Waals surface area (Å²) < 4.78 is 19.2. The third kappa shape index (κ3) is 5.09. The van der Waals surface area contributed by atoms with Crippen molar-refractivity contribution in [3.8, 4) is 6.07 Å². The van der Waals surface area contributed by atoms with E-state index in [1.54, 1.807) is 36.4 Å². The number of hydrogen-bond donors (Lipinski definition) is 0. The van der Waals surface area contributed by atoms with Crippen molar-refractivity contribution in [1.82, 2.24) is 0 Å². The number of rotatable bonds is 7. The van der Waals surface area contributed by atoms with Gasteiger partial charge in [0.15, 0.2) is 0 Å². The zero-order valence-electron chi connectivity index (χ0n) is 11.1. The van der Waals surface area contributed by atoms with E-state index in [1.165, 1.54) is 6.92 Å². The van der Waals surface area contributed by atoms with E-state index < -0.39 is 5.67 Å². The molecule has 1 aromatic rings. The Labute approximate surface area is 113 Å². The lowest BCUT2D eigenvalue weighted by Crippen LogP contribution is -2.17. The molecule has 0 aliphatic rings. The van der Waals surface area contributed by atoms with Crippen LogP contribution in [0.2, 0.25) is 0 Å². The van der Waals surface area contributed by atoms with Gasteiger partial charge in [-0.1, -0.05) is 30.3 Å². The van der Waals surface area contributed by atoms with Crippen LogP contribution in [-0.2, 0) is 15.2 Å². The normalized spacial score (nSPS) is 13.3. The van der Waals surface area contributed by atoms with E-state index in [2.05, 4.69) is 0 Å². The molecular weight excluding hydrogens is 245 g/mol. The van der Waals surface area contributed by atoms with Gasteiger partial charge in [0.2, 0.25) is 5.67 Å². The molecule has 0 radical (unpaired) electrons. The van der Waals surface area contributed by atoms with E-state index in [-0.39, 0.29) is 12.4 Å². The van der Waals surface area contributed by atoms with Crippen LogP contribution in [0.3, 0.4) is 0 Å². The van der Waals surface area contributed by atoms with Gasteiger partial charge in [-0.05, 0) is 25.7 Å². The second-order valence-corrected chi connectivity index (χ2v) is 4.43. The van der Waals surface area contributed by atoms with Crippen LogP contribution in [0, 0.1) is 11.3 Å². The third-order valence-electron chi connectivity index (χ3n) is 2.88. The first-order valence-electron chi connectivity index (χ1n) is 6.37. The fourth-order valence-corrected chi connectivity index (χ4v) is 1.83. The van der Waals surface area contributed by atoms with Crippen molar-refractivity contribution in [2.24, 2.45) is 0 Å². The maximum Gasteiger partial charge on any atom is 0.302 e. The van der Waals surface area contributed by atoms with Crippen LogP contribution < -0.4 is 0 Å². The van der Waals surface area contributed by atoms with Crippen LogP contribution in [0.1, 0.15) is 38.2 Å². The number of nitrogens with zero attached hydrogens (tertiary/aromatic N) is 1. The second kappa shape index (κ2) is 7.52. The predicted octanol–water partition coefficient (Wildman–Crippen LogP) is 3.50. The van der Waals surface area contributed by atoms with Gasteiger partial charge in [-0.25, -0.2) is 4.39 Å². The number of carbonyl (C=O) groups is 1. The Morgan fingerprint density at radius 2 is 2.00 bits per heavy atom. The van der Waals surface area contributed by atoms with Crippen LogP contribution in [0.5, 0.6) is 0 Å². The molecule has 0 aromatic heterocycles. The molecule has 0 heterocycles. The fraction of sp³-hybridized carbons (Fsp3) is 0.467. The molecule has 0 bridgehead atoms. The van der Waals surface area contributed by atoms with Gasteiger partial charge in [-0.2, -0.15) is 5.26 Å². The molecule has 1 atom stereocenters. The number of alkyl halides is 1. The van der Waals surface area contributed by atoms with E-state index in [4.69, 9.17) is 10.00 Å². The van der Waals surface area contributed by atoms with Crippen LogP contribution in [0.4, 0.5) is 4.39 Å². The Morgan fingerprint density at radius 3 is 2.58 bits per heavy atom. The molecular formula is C15H18FNO2. The summed E-state index contributed by atoms with van der Waals surface area (Å²) in [7, 11) is 0. The first-order chi connectivity index (χ1) is 9.08. The van der Waals surface area contributed by atoms with Gasteiger partial charge in [-0.15, -0.1) is 0 Å². The van der Waals surface area contributed by atoms with E-state index >= 15 is 0 Å². The smallest absolute Gasteiger partial charge is 0.302 e. The average molecular weight is 263 g/mol. The summed E-state index contributed by atoms with van der Waals surface area (Å²) in [6.07, 6.45) is 2.16. The first kappa shape index (κ1) is 15.2. The van der Waals surface area contributed by atoms with E-state index in [9.17, 15) is 9.18 Å². The van der Waals surface area contributed by atoms with Crippen molar-refractivity contribution >= 4 is 5.97 Å². The highest BCUT2D eigenvalue weighted by Gasteiger charge is 2.30. The zero-order chi connectivity index (χ0) is 14.1. The van der Waals surface area contributed by atoms with Crippen molar-refractivity contribution in [3.63, 3.8) is 0 Å². The molecule has 0 saturated heterocycles. The van der Waals surface area contributed by atoms with Gasteiger partial charge in [0.1, 0.15) is 6.07 Å². The minimum atomic E-state index is -1.93. The lowest BCUT2D eigenvalue weighted by Gasteiger charge is -2.17. The Morgan fingerprint density at radius 1 is 1.32 bits per heavy atom. The van der Waals surface area contributed by atoms with Crippen LogP contribution in [0.15, 0.2) is 30.3 Å². The van der Waals surface area contributed by atoms with Crippen molar-refractivity contribution in [3.05, 3.63) is 35.9 Å². The first-order valence-corrected chi connectivity index (χ1v) is 6.37. The number of halogens is 1. The Bertz CT molecular complexity index is 441. The largest absolute Gasteiger partial charge is 0.466 e. The molecule has 102 valence electrons. The molecule has 1 aromatic carbocycles. The minimum absolute atomic E-state index is 0.160. The molecule has 0 spiro atoms. The van der Waals surface area contributed by atoms with Crippen LogP contribution in [0.25, 0.3) is 0 Å². The van der Waals surface area contributed by atoms with Crippen molar-refractivity contribution < 1.29 is 13.9 Å². The van der Waals surface area contributed by atoms with Crippen molar-refractivity contribution in [2.45, 2.75) is 38.3 Å². The number of carbonyl (C=O) groups excluding carboxylic acids is 1. The summed E-state index contributed by atoms with van der Waals surface area (Å²) >= 11 is 0. The zero-order valence-corrected chi connectivity index (χ0v) is 11.1. The number of esters is 1. The fourth-order valence-electron chi connectivity index (χ4n) is 1.83. The standard InChI is InChI=1S/C15H18FNO2/c1-13(18)19-11-7-3-6-10-15(16,12-17)14-8-4-2-5-9-14/h2,4-5,8-9H,3,6-7,10-11H2,1H3. The minimum Gasteiger partial charge on any atom is -0.466 e. The summed E-state index contributed by atoms with van der Waals surface area (Å²) in [5, 5.41) is 9.02. The molecule has 0 fully saturated rings. The molecule has 0 saturated carbocycles. The number of nitriles is 1. The second-order valence-electron chi connectivity index (χ2n) is 4.43. The maximum atomic E-state index is 14.4. The Kier molecular flexibility index (Phi) is 6.01. The number of unbranched alkanes of at least 4 members (excludes halogenated alkanes) is 2. The molecule has 0 amide bonds. The molecule has 1 rings (SSSR count). The summed E-state index contributed by atoms with van der Waals surface area (Å²) in [6, 6.07) is 10.2. The highest BCUT2D eigenvalue weighted by atomic mass is 19.1. The van der Waals surface area contributed by atoms with Crippen LogP contribution >= 0.6 is 0 Å². The maximum absolute atomic E-state index is 14.4. The summed E-state index contributed by atoms with van der Waals surface area (Å²) in [6.45, 7) is 1.71. The van der Waals surface area contributed by atoms with E-state index in [0.717, 1.165) is 6.42 Å². The Balaban J connectivity index is 2.37. The molecule has 0 aliphatic heterocycles. The highest BCUT2D eigenvalue weighted by Crippen LogP contribution is 2.31. The lowest BCUT2D eigenvalue weighted by atomic mass is 9.91. The Hall–Kier alpha value is -1.89. The number of benzene rings is 1.